The van der Waals surface area contributed by atoms with Gasteiger partial charge in [0.2, 0.25) is 0 Å². The van der Waals surface area contributed by atoms with Crippen LogP contribution in [0.4, 0.5) is 5.69 Å². The van der Waals surface area contributed by atoms with E-state index in [0.29, 0.717) is 24.8 Å². The molecule has 1 saturated carbocycles. The average molecular weight is 349 g/mol. The Hall–Kier alpha value is -2.42. The predicted octanol–water partition coefficient (Wildman–Crippen LogP) is 6.30. The van der Waals surface area contributed by atoms with Crippen molar-refractivity contribution in [3.8, 4) is 0 Å². The van der Waals surface area contributed by atoms with Crippen LogP contribution in [-0.2, 0) is 4.79 Å². The molecule has 136 valence electrons. The Morgan fingerprint density at radius 1 is 1.12 bits per heavy atom. The third kappa shape index (κ3) is 3.87. The van der Waals surface area contributed by atoms with Gasteiger partial charge < -0.3 is 5.11 Å². The maximum atomic E-state index is 12.8. The zero-order valence-electron chi connectivity index (χ0n) is 15.9. The molecule has 1 aliphatic carbocycles. The van der Waals surface area contributed by atoms with Crippen LogP contribution in [0.25, 0.3) is 10.8 Å². The Morgan fingerprint density at radius 2 is 1.85 bits per heavy atom. The normalized spacial score (nSPS) is 20.6. The summed E-state index contributed by atoms with van der Waals surface area (Å²) in [6, 6.07) is 14.1. The highest BCUT2D eigenvalue weighted by molar-refractivity contribution is 6.25. The van der Waals surface area contributed by atoms with E-state index < -0.39 is 0 Å². The van der Waals surface area contributed by atoms with Gasteiger partial charge in [0, 0.05) is 18.2 Å². The Bertz CT molecular complexity index is 885. The zero-order valence-corrected chi connectivity index (χ0v) is 15.9. The Labute approximate surface area is 155 Å². The van der Waals surface area contributed by atoms with Gasteiger partial charge in [0.25, 0.3) is 0 Å². The summed E-state index contributed by atoms with van der Waals surface area (Å²) >= 11 is 0. The first-order valence-electron chi connectivity index (χ1n) is 9.42. The number of aliphatic hydroxyl groups is 1. The van der Waals surface area contributed by atoms with Crippen molar-refractivity contribution in [2.24, 2.45) is 10.4 Å². The summed E-state index contributed by atoms with van der Waals surface area (Å²) in [6.07, 6.45) is 3.52. The molecule has 1 aliphatic rings. The topological polar surface area (TPSA) is 49.7 Å². The van der Waals surface area contributed by atoms with Gasteiger partial charge in [-0.25, -0.2) is 0 Å². The van der Waals surface area contributed by atoms with Crippen LogP contribution < -0.4 is 0 Å². The Morgan fingerprint density at radius 3 is 2.62 bits per heavy atom. The van der Waals surface area contributed by atoms with E-state index in [9.17, 15) is 9.90 Å². The first kappa shape index (κ1) is 18.4. The van der Waals surface area contributed by atoms with Crippen LogP contribution in [0.15, 0.2) is 58.8 Å². The zero-order chi connectivity index (χ0) is 18.7. The molecule has 2 aromatic carbocycles. The molecule has 3 nitrogen and oxygen atoms in total. The second-order valence-corrected chi connectivity index (χ2v) is 7.92. The fourth-order valence-electron chi connectivity index (χ4n) is 3.63. The van der Waals surface area contributed by atoms with Crippen LogP contribution in [0.1, 0.15) is 52.9 Å². The minimum Gasteiger partial charge on any atom is -0.511 e. The highest BCUT2D eigenvalue weighted by Crippen LogP contribution is 2.37. The van der Waals surface area contributed by atoms with Gasteiger partial charge in [0.05, 0.1) is 17.0 Å². The number of nitrogens with zero attached hydrogens (tertiary/aromatic N) is 1. The van der Waals surface area contributed by atoms with Crippen LogP contribution in [0.2, 0.25) is 0 Å². The number of carbonyl (C=O) groups excluding carboxylic acids is 1. The van der Waals surface area contributed by atoms with Gasteiger partial charge >= 0.3 is 0 Å². The summed E-state index contributed by atoms with van der Waals surface area (Å²) in [5.41, 5.74) is 1.88. The number of benzene rings is 2. The number of rotatable bonds is 4. The molecule has 3 heteroatoms. The number of aliphatic hydroxyl groups excluding tert-OH is 1. The first-order valence-corrected chi connectivity index (χ1v) is 9.42. The molecule has 1 N–H and O–H groups in total. The van der Waals surface area contributed by atoms with Crippen LogP contribution >= 0.6 is 0 Å². The van der Waals surface area contributed by atoms with Crippen LogP contribution in [0.3, 0.4) is 0 Å². The third-order valence-electron chi connectivity index (χ3n) is 4.93. The van der Waals surface area contributed by atoms with Gasteiger partial charge in [0.1, 0.15) is 5.76 Å². The summed E-state index contributed by atoms with van der Waals surface area (Å²) in [5.74, 6) is 0.208. The lowest BCUT2D eigenvalue weighted by molar-refractivity contribution is -0.117. The Kier molecular flexibility index (Phi) is 5.26. The fourth-order valence-corrected chi connectivity index (χ4v) is 3.63. The lowest BCUT2D eigenvalue weighted by Gasteiger charge is -2.31. The monoisotopic (exact) mass is 349 g/mol. The predicted molar refractivity (Wildman–Crippen MR) is 108 cm³/mol. The molecule has 0 spiro atoms. The highest BCUT2D eigenvalue weighted by atomic mass is 16.3. The number of carbonyl (C=O) groups is 1. The number of ketones is 1. The maximum absolute atomic E-state index is 12.8. The molecule has 0 unspecified atom stereocenters. The quantitative estimate of drug-likeness (QED) is 0.520. The molecule has 0 radical (unpaired) electrons. The van der Waals surface area contributed by atoms with E-state index in [1.165, 1.54) is 0 Å². The summed E-state index contributed by atoms with van der Waals surface area (Å²) in [5, 5.41) is 12.8. The summed E-state index contributed by atoms with van der Waals surface area (Å²) in [7, 11) is 0. The molecule has 0 atom stereocenters. The molecule has 0 heterocycles. The van der Waals surface area contributed by atoms with E-state index in [0.717, 1.165) is 35.0 Å². The van der Waals surface area contributed by atoms with Gasteiger partial charge in [0.15, 0.2) is 5.78 Å². The van der Waals surface area contributed by atoms with E-state index in [4.69, 9.17) is 4.99 Å². The second-order valence-electron chi connectivity index (χ2n) is 7.92. The van der Waals surface area contributed by atoms with Crippen molar-refractivity contribution < 1.29 is 9.90 Å². The number of aliphatic imine (C=N–C) groups is 1. The molecule has 26 heavy (non-hydrogen) atoms. The molecule has 3 rings (SSSR count). The van der Waals surface area contributed by atoms with E-state index in [1.54, 1.807) is 0 Å². The van der Waals surface area contributed by atoms with Crippen LogP contribution in [0, 0.1) is 5.41 Å². The van der Waals surface area contributed by atoms with Crippen molar-refractivity contribution in [1.29, 1.82) is 0 Å². The number of hydrogen-bond donors (Lipinski definition) is 1. The SMILES string of the molecule is CCCC/C(O)=C1/C(=O)CC(C)(C)CC1=Nc1cccc2ccccc12. The number of Topliss-reactive ketones (excluding diaryl/α,β-unsaturated/α-hetero) is 1. The minimum absolute atomic E-state index is 0.00818. The number of unbranched alkanes of at least 4 members (excludes halogenated alkanes) is 1. The molecular weight excluding hydrogens is 322 g/mol. The molecule has 0 saturated heterocycles. The first-order chi connectivity index (χ1) is 12.4. The van der Waals surface area contributed by atoms with Crippen LogP contribution in [0.5, 0.6) is 0 Å². The van der Waals surface area contributed by atoms with Gasteiger partial charge in [-0.3, -0.25) is 9.79 Å². The van der Waals surface area contributed by atoms with Crippen molar-refractivity contribution in [2.45, 2.75) is 52.9 Å². The number of allylic oxidation sites excluding steroid dienone is 2. The lowest BCUT2D eigenvalue weighted by Crippen LogP contribution is -2.32. The van der Waals surface area contributed by atoms with Crippen molar-refractivity contribution in [3.05, 3.63) is 53.8 Å². The van der Waals surface area contributed by atoms with Crippen LogP contribution in [-0.4, -0.2) is 16.6 Å². The maximum Gasteiger partial charge on any atom is 0.168 e. The second kappa shape index (κ2) is 7.45. The van der Waals surface area contributed by atoms with Gasteiger partial charge in [-0.05, 0) is 29.7 Å². The number of hydrogen-bond acceptors (Lipinski definition) is 3. The van der Waals surface area contributed by atoms with Crippen molar-refractivity contribution in [1.82, 2.24) is 0 Å². The smallest absolute Gasteiger partial charge is 0.168 e. The summed E-state index contributed by atoms with van der Waals surface area (Å²) in [6.45, 7) is 6.25. The molecule has 2 aromatic rings. The van der Waals surface area contributed by atoms with E-state index in [2.05, 4.69) is 32.9 Å². The fraction of sp³-hybridized carbons (Fsp3) is 0.391. The number of fused-ring (bicyclic) bond motifs is 1. The molecular formula is C23H27NO2. The molecule has 0 amide bonds. The minimum atomic E-state index is -0.144. The van der Waals surface area contributed by atoms with Crippen molar-refractivity contribution in [3.63, 3.8) is 0 Å². The molecule has 0 bridgehead atoms. The van der Waals surface area contributed by atoms with E-state index >= 15 is 0 Å². The summed E-state index contributed by atoms with van der Waals surface area (Å²) in [4.78, 5) is 17.7. The molecule has 0 aliphatic heterocycles. The van der Waals surface area contributed by atoms with Gasteiger partial charge in [-0.15, -0.1) is 0 Å². The van der Waals surface area contributed by atoms with Gasteiger partial charge in [-0.2, -0.15) is 0 Å². The van der Waals surface area contributed by atoms with E-state index in [-0.39, 0.29) is 17.0 Å². The summed E-state index contributed by atoms with van der Waals surface area (Å²) < 4.78 is 0. The molecule has 1 fully saturated rings. The molecule has 0 aromatic heterocycles. The van der Waals surface area contributed by atoms with E-state index in [1.807, 2.05) is 30.3 Å². The standard InChI is InChI=1S/C23H27NO2/c1-4-5-13-20(25)22-19(14-23(2,3)15-21(22)26)24-18-12-8-10-16-9-6-7-11-17(16)18/h6-12,25H,4-5,13-15H2,1-3H3/b22-20-,24-19?. The largest absolute Gasteiger partial charge is 0.511 e. The lowest BCUT2D eigenvalue weighted by atomic mass is 9.73. The Balaban J connectivity index is 2.13. The average Bonchev–Trinajstić information content (AvgIpc) is 2.59. The highest BCUT2D eigenvalue weighted by Gasteiger charge is 2.36. The third-order valence-corrected chi connectivity index (χ3v) is 4.93. The van der Waals surface area contributed by atoms with Crippen molar-refractivity contribution >= 4 is 28.0 Å². The van der Waals surface area contributed by atoms with Crippen molar-refractivity contribution in [2.75, 3.05) is 0 Å². The van der Waals surface area contributed by atoms with Gasteiger partial charge in [-0.1, -0.05) is 63.6 Å².